The van der Waals surface area contributed by atoms with Crippen molar-refractivity contribution in [3.05, 3.63) is 48.3 Å². The number of ether oxygens (including phenoxy) is 1. The Labute approximate surface area is 147 Å². The maximum absolute atomic E-state index is 12.6. The average molecular weight is 344 g/mol. The predicted molar refractivity (Wildman–Crippen MR) is 91.0 cm³/mol. The molecule has 3 atom stereocenters. The van der Waals surface area contributed by atoms with Gasteiger partial charge in [-0.15, -0.1) is 0 Å². The molecule has 0 saturated carbocycles. The molecule has 1 amide bonds. The van der Waals surface area contributed by atoms with Crippen molar-refractivity contribution in [1.29, 1.82) is 0 Å². The molecule has 2 aliphatic heterocycles. The van der Waals surface area contributed by atoms with Crippen molar-refractivity contribution in [3.63, 3.8) is 0 Å². The monoisotopic (exact) mass is 344 g/mol. The van der Waals surface area contributed by atoms with E-state index in [-0.39, 0.29) is 12.0 Å². The van der Waals surface area contributed by atoms with Gasteiger partial charge in [-0.1, -0.05) is 0 Å². The molecular weight excluding hydrogens is 320 g/mol. The fourth-order valence-corrected chi connectivity index (χ4v) is 4.00. The van der Waals surface area contributed by atoms with Gasteiger partial charge in [0.25, 0.3) is 5.91 Å². The number of likely N-dealkylation sites (N-methyl/N-ethyl adjacent to an activating group) is 1. The summed E-state index contributed by atoms with van der Waals surface area (Å²) in [6, 6.07) is 7.38. The number of hydrogen-bond donors (Lipinski definition) is 0. The van der Waals surface area contributed by atoms with Gasteiger partial charge in [0.05, 0.1) is 31.8 Å². The first kappa shape index (κ1) is 16.4. The Morgan fingerprint density at radius 2 is 2.12 bits per heavy atom. The highest BCUT2D eigenvalue weighted by Crippen LogP contribution is 2.35. The summed E-state index contributed by atoms with van der Waals surface area (Å²) in [7, 11) is 2.08. The SMILES string of the molecule is CN(Cc1ccco1)C[C@H]1OC[C@@H]2CCN(C(=O)c3ccco3)C[C@@H]21. The largest absolute Gasteiger partial charge is 0.468 e. The number of furan rings is 2. The third kappa shape index (κ3) is 3.50. The van der Waals surface area contributed by atoms with Gasteiger partial charge in [0.2, 0.25) is 0 Å². The average Bonchev–Trinajstić information content (AvgIpc) is 3.36. The first-order valence-electron chi connectivity index (χ1n) is 8.86. The van der Waals surface area contributed by atoms with Gasteiger partial charge in [0.1, 0.15) is 5.76 Å². The molecule has 2 aromatic heterocycles. The summed E-state index contributed by atoms with van der Waals surface area (Å²) in [5.41, 5.74) is 0. The first-order valence-corrected chi connectivity index (χ1v) is 8.86. The second kappa shape index (κ2) is 7.06. The molecule has 4 rings (SSSR count). The summed E-state index contributed by atoms with van der Waals surface area (Å²) in [6.07, 6.45) is 4.39. The van der Waals surface area contributed by atoms with E-state index in [0.29, 0.717) is 17.6 Å². The summed E-state index contributed by atoms with van der Waals surface area (Å²) < 4.78 is 16.8. The van der Waals surface area contributed by atoms with Crippen LogP contribution >= 0.6 is 0 Å². The Balaban J connectivity index is 1.37. The van der Waals surface area contributed by atoms with E-state index in [0.717, 1.165) is 45.0 Å². The molecule has 2 aromatic rings. The minimum atomic E-state index is -0.0157. The number of hydrogen-bond acceptors (Lipinski definition) is 5. The highest BCUT2D eigenvalue weighted by molar-refractivity contribution is 5.91. The van der Waals surface area contributed by atoms with Gasteiger partial charge in [-0.3, -0.25) is 9.69 Å². The second-order valence-corrected chi connectivity index (χ2v) is 7.09. The van der Waals surface area contributed by atoms with Gasteiger partial charge >= 0.3 is 0 Å². The zero-order chi connectivity index (χ0) is 17.2. The van der Waals surface area contributed by atoms with Crippen molar-refractivity contribution in [3.8, 4) is 0 Å². The van der Waals surface area contributed by atoms with Crippen LogP contribution < -0.4 is 0 Å². The summed E-state index contributed by atoms with van der Waals surface area (Å²) in [5, 5.41) is 0. The van der Waals surface area contributed by atoms with E-state index in [1.54, 1.807) is 24.7 Å². The number of piperidine rings is 1. The summed E-state index contributed by atoms with van der Waals surface area (Å²) in [5.74, 6) is 2.28. The molecule has 4 heterocycles. The van der Waals surface area contributed by atoms with Gasteiger partial charge in [-0.05, 0) is 43.7 Å². The number of amides is 1. The van der Waals surface area contributed by atoms with Gasteiger partial charge in [0.15, 0.2) is 5.76 Å². The van der Waals surface area contributed by atoms with Crippen molar-refractivity contribution < 1.29 is 18.4 Å². The zero-order valence-corrected chi connectivity index (χ0v) is 14.5. The molecule has 6 nitrogen and oxygen atoms in total. The lowest BCUT2D eigenvalue weighted by molar-refractivity contribution is 0.0406. The minimum absolute atomic E-state index is 0.0157. The maximum Gasteiger partial charge on any atom is 0.289 e. The topological polar surface area (TPSA) is 59.1 Å². The van der Waals surface area contributed by atoms with Gasteiger partial charge in [0, 0.05) is 25.6 Å². The van der Waals surface area contributed by atoms with Crippen LogP contribution in [0.4, 0.5) is 0 Å². The first-order chi connectivity index (χ1) is 12.2. The molecule has 2 aliphatic rings. The van der Waals surface area contributed by atoms with Crippen LogP contribution in [0.15, 0.2) is 45.6 Å². The van der Waals surface area contributed by atoms with Crippen molar-refractivity contribution >= 4 is 5.91 Å². The zero-order valence-electron chi connectivity index (χ0n) is 14.5. The third-order valence-corrected chi connectivity index (χ3v) is 5.33. The molecule has 0 unspecified atom stereocenters. The molecule has 6 heteroatoms. The number of carbonyl (C=O) groups excluding carboxylic acids is 1. The van der Waals surface area contributed by atoms with Crippen molar-refractivity contribution in [1.82, 2.24) is 9.80 Å². The molecule has 0 bridgehead atoms. The number of carbonyl (C=O) groups is 1. The predicted octanol–water partition coefficient (Wildman–Crippen LogP) is 2.48. The van der Waals surface area contributed by atoms with Crippen LogP contribution in [-0.2, 0) is 11.3 Å². The van der Waals surface area contributed by atoms with E-state index in [1.165, 1.54) is 0 Å². The molecule has 2 fully saturated rings. The summed E-state index contributed by atoms with van der Waals surface area (Å²) in [4.78, 5) is 16.7. The molecule has 0 spiro atoms. The molecule has 134 valence electrons. The Morgan fingerprint density at radius 3 is 2.88 bits per heavy atom. The van der Waals surface area contributed by atoms with Gasteiger partial charge < -0.3 is 18.5 Å². The van der Waals surface area contributed by atoms with E-state index >= 15 is 0 Å². The second-order valence-electron chi connectivity index (χ2n) is 7.09. The number of rotatable bonds is 5. The van der Waals surface area contributed by atoms with E-state index in [9.17, 15) is 4.79 Å². The van der Waals surface area contributed by atoms with Crippen LogP contribution in [0.5, 0.6) is 0 Å². The Hall–Kier alpha value is -2.05. The van der Waals surface area contributed by atoms with Crippen LogP contribution in [0.3, 0.4) is 0 Å². The fourth-order valence-electron chi connectivity index (χ4n) is 4.00. The van der Waals surface area contributed by atoms with Crippen LogP contribution in [0.1, 0.15) is 22.7 Å². The minimum Gasteiger partial charge on any atom is -0.468 e. The van der Waals surface area contributed by atoms with E-state index in [4.69, 9.17) is 13.6 Å². The lowest BCUT2D eigenvalue weighted by atomic mass is 9.84. The quantitative estimate of drug-likeness (QED) is 0.834. The van der Waals surface area contributed by atoms with Crippen molar-refractivity contribution in [2.75, 3.05) is 33.3 Å². The highest BCUT2D eigenvalue weighted by atomic mass is 16.5. The fraction of sp³-hybridized carbons (Fsp3) is 0.526. The molecule has 2 saturated heterocycles. The molecule has 0 aromatic carbocycles. The van der Waals surface area contributed by atoms with E-state index < -0.39 is 0 Å². The Kier molecular flexibility index (Phi) is 4.63. The van der Waals surface area contributed by atoms with Crippen molar-refractivity contribution in [2.24, 2.45) is 11.8 Å². The standard InChI is InChI=1S/C19H24N2O4/c1-20(10-15-4-2-8-23-15)12-18-16-11-21(7-6-14(16)13-25-18)19(22)17-5-3-9-24-17/h2-5,8-9,14,16,18H,6-7,10-13H2,1H3/t14-,16-,18+/m0/s1. The maximum atomic E-state index is 12.6. The Morgan fingerprint density at radius 1 is 1.28 bits per heavy atom. The summed E-state index contributed by atoms with van der Waals surface area (Å²) in [6.45, 7) is 3.92. The molecule has 0 aliphatic carbocycles. The van der Waals surface area contributed by atoms with Gasteiger partial charge in [-0.25, -0.2) is 0 Å². The van der Waals surface area contributed by atoms with E-state index in [1.807, 2.05) is 17.0 Å². The number of fused-ring (bicyclic) bond motifs is 1. The van der Waals surface area contributed by atoms with Crippen LogP contribution in [-0.4, -0.2) is 55.1 Å². The number of likely N-dealkylation sites (tertiary alicyclic amines) is 1. The molecular formula is C19H24N2O4. The van der Waals surface area contributed by atoms with Crippen molar-refractivity contribution in [2.45, 2.75) is 19.1 Å². The van der Waals surface area contributed by atoms with Gasteiger partial charge in [-0.2, -0.15) is 0 Å². The van der Waals surface area contributed by atoms with Crippen LogP contribution in [0, 0.1) is 11.8 Å². The normalized spacial score (nSPS) is 26.2. The highest BCUT2D eigenvalue weighted by Gasteiger charge is 2.42. The molecule has 0 N–H and O–H groups in total. The molecule has 0 radical (unpaired) electrons. The lowest BCUT2D eigenvalue weighted by Gasteiger charge is -2.36. The smallest absolute Gasteiger partial charge is 0.289 e. The number of nitrogens with zero attached hydrogens (tertiary/aromatic N) is 2. The Bertz CT molecular complexity index is 682. The third-order valence-electron chi connectivity index (χ3n) is 5.33. The summed E-state index contributed by atoms with van der Waals surface area (Å²) >= 11 is 0. The van der Waals surface area contributed by atoms with E-state index in [2.05, 4.69) is 11.9 Å². The van der Waals surface area contributed by atoms with Crippen LogP contribution in [0.2, 0.25) is 0 Å². The van der Waals surface area contributed by atoms with Crippen LogP contribution in [0.25, 0.3) is 0 Å². The lowest BCUT2D eigenvalue weighted by Crippen LogP contribution is -2.47. The molecule has 25 heavy (non-hydrogen) atoms.